The zero-order valence-electron chi connectivity index (χ0n) is 12.4. The lowest BCUT2D eigenvalue weighted by atomic mass is 10.1. The average Bonchev–Trinajstić information content (AvgIpc) is 2.53. The molecule has 5 heteroatoms. The molecular weight excluding hydrogens is 292 g/mol. The normalized spacial score (nSPS) is 10.7. The second kappa shape index (κ2) is 7.05. The zero-order valence-corrected chi connectivity index (χ0v) is 12.4. The summed E-state index contributed by atoms with van der Waals surface area (Å²) in [5.74, 6) is -1.59. The van der Waals surface area contributed by atoms with Crippen LogP contribution < -0.4 is 5.32 Å². The summed E-state index contributed by atoms with van der Waals surface area (Å²) in [4.78, 5) is 22.9. The molecule has 0 spiro atoms. The molecule has 0 heterocycles. The molecule has 0 aliphatic heterocycles. The van der Waals surface area contributed by atoms with Gasteiger partial charge in [-0.3, -0.25) is 4.79 Å². The van der Waals surface area contributed by atoms with E-state index >= 15 is 0 Å². The van der Waals surface area contributed by atoms with Crippen LogP contribution in [-0.2, 0) is 4.79 Å². The van der Waals surface area contributed by atoms with Crippen LogP contribution in [0.3, 0.4) is 0 Å². The Labute approximate surface area is 133 Å². The SMILES string of the molecule is Cc1cccc(C=C(C#N)C(=O)Nc2ccc(C(=O)O)cc2)c1. The molecule has 2 N–H and O–H groups in total. The number of aryl methyl sites for hydroxylation is 1. The molecule has 0 saturated carbocycles. The predicted molar refractivity (Wildman–Crippen MR) is 86.8 cm³/mol. The van der Waals surface area contributed by atoms with E-state index in [1.165, 1.54) is 30.3 Å². The molecule has 114 valence electrons. The average molecular weight is 306 g/mol. The number of hydrogen-bond donors (Lipinski definition) is 2. The molecular formula is C18H14N2O3. The number of aromatic carboxylic acids is 1. The summed E-state index contributed by atoms with van der Waals surface area (Å²) in [5, 5.41) is 20.6. The van der Waals surface area contributed by atoms with Crippen molar-refractivity contribution in [3.05, 3.63) is 70.8 Å². The maximum atomic E-state index is 12.1. The first-order valence-electron chi connectivity index (χ1n) is 6.83. The number of amides is 1. The van der Waals surface area contributed by atoms with Crippen LogP contribution in [0.5, 0.6) is 0 Å². The fourth-order valence-electron chi connectivity index (χ4n) is 1.97. The van der Waals surface area contributed by atoms with Crippen LogP contribution in [0.25, 0.3) is 6.08 Å². The van der Waals surface area contributed by atoms with Crippen molar-refractivity contribution in [1.29, 1.82) is 5.26 Å². The van der Waals surface area contributed by atoms with Crippen LogP contribution in [0, 0.1) is 18.3 Å². The summed E-state index contributed by atoms with van der Waals surface area (Å²) in [6.45, 7) is 1.92. The minimum Gasteiger partial charge on any atom is -0.478 e. The Morgan fingerprint density at radius 3 is 2.43 bits per heavy atom. The lowest BCUT2D eigenvalue weighted by molar-refractivity contribution is -0.112. The molecule has 0 aromatic heterocycles. The molecule has 2 aromatic rings. The van der Waals surface area contributed by atoms with E-state index in [1.807, 2.05) is 31.2 Å². The topological polar surface area (TPSA) is 90.2 Å². The monoisotopic (exact) mass is 306 g/mol. The third kappa shape index (κ3) is 4.29. The predicted octanol–water partition coefficient (Wildman–Crippen LogP) is 3.24. The second-order valence-corrected chi connectivity index (χ2v) is 4.92. The summed E-state index contributed by atoms with van der Waals surface area (Å²) >= 11 is 0. The van der Waals surface area contributed by atoms with E-state index in [2.05, 4.69) is 5.32 Å². The molecule has 5 nitrogen and oxygen atoms in total. The molecule has 2 aromatic carbocycles. The Morgan fingerprint density at radius 1 is 1.17 bits per heavy atom. The first kappa shape index (κ1) is 16.0. The van der Waals surface area contributed by atoms with Crippen LogP contribution in [0.15, 0.2) is 54.1 Å². The number of nitrogens with zero attached hydrogens (tertiary/aromatic N) is 1. The largest absolute Gasteiger partial charge is 0.478 e. The van der Waals surface area contributed by atoms with Gasteiger partial charge < -0.3 is 10.4 Å². The van der Waals surface area contributed by atoms with Gasteiger partial charge in [-0.05, 0) is 42.8 Å². The number of rotatable bonds is 4. The Kier molecular flexibility index (Phi) is 4.90. The van der Waals surface area contributed by atoms with Crippen LogP contribution in [0.4, 0.5) is 5.69 Å². The van der Waals surface area contributed by atoms with Gasteiger partial charge in [0.05, 0.1) is 5.56 Å². The smallest absolute Gasteiger partial charge is 0.335 e. The van der Waals surface area contributed by atoms with Crippen LogP contribution in [-0.4, -0.2) is 17.0 Å². The molecule has 0 aliphatic carbocycles. The van der Waals surface area contributed by atoms with Gasteiger partial charge in [-0.1, -0.05) is 29.8 Å². The van der Waals surface area contributed by atoms with Crippen LogP contribution in [0.2, 0.25) is 0 Å². The summed E-state index contributed by atoms with van der Waals surface area (Å²) in [7, 11) is 0. The van der Waals surface area contributed by atoms with Gasteiger partial charge in [0.2, 0.25) is 0 Å². The zero-order chi connectivity index (χ0) is 16.8. The van der Waals surface area contributed by atoms with Gasteiger partial charge in [0.1, 0.15) is 11.6 Å². The highest BCUT2D eigenvalue weighted by atomic mass is 16.4. The Bertz CT molecular complexity index is 815. The van der Waals surface area contributed by atoms with Gasteiger partial charge in [-0.2, -0.15) is 5.26 Å². The third-order valence-electron chi connectivity index (χ3n) is 3.11. The van der Waals surface area contributed by atoms with Gasteiger partial charge >= 0.3 is 5.97 Å². The van der Waals surface area contributed by atoms with Crippen LogP contribution >= 0.6 is 0 Å². The number of carboxylic acid groups (broad SMARTS) is 1. The number of nitriles is 1. The van der Waals surface area contributed by atoms with Crippen LogP contribution in [0.1, 0.15) is 21.5 Å². The Balaban J connectivity index is 2.17. The highest BCUT2D eigenvalue weighted by Crippen LogP contribution is 2.13. The third-order valence-corrected chi connectivity index (χ3v) is 3.11. The van der Waals surface area contributed by atoms with E-state index in [0.717, 1.165) is 11.1 Å². The quantitative estimate of drug-likeness (QED) is 0.670. The van der Waals surface area contributed by atoms with Crippen molar-refractivity contribution < 1.29 is 14.7 Å². The summed E-state index contributed by atoms with van der Waals surface area (Å²) < 4.78 is 0. The van der Waals surface area contributed by atoms with Gasteiger partial charge in [-0.15, -0.1) is 0 Å². The van der Waals surface area contributed by atoms with Crippen molar-refractivity contribution in [2.24, 2.45) is 0 Å². The van der Waals surface area contributed by atoms with Gasteiger partial charge in [0.15, 0.2) is 0 Å². The van der Waals surface area contributed by atoms with E-state index in [4.69, 9.17) is 10.4 Å². The number of anilines is 1. The van der Waals surface area contributed by atoms with E-state index in [9.17, 15) is 9.59 Å². The first-order chi connectivity index (χ1) is 11.0. The Morgan fingerprint density at radius 2 is 1.87 bits per heavy atom. The second-order valence-electron chi connectivity index (χ2n) is 4.92. The minimum atomic E-state index is -1.04. The number of carbonyl (C=O) groups is 2. The van der Waals surface area contributed by atoms with Crippen molar-refractivity contribution in [1.82, 2.24) is 0 Å². The summed E-state index contributed by atoms with van der Waals surface area (Å²) in [5.41, 5.74) is 2.31. The molecule has 1 amide bonds. The molecule has 2 rings (SSSR count). The highest BCUT2D eigenvalue weighted by Gasteiger charge is 2.10. The first-order valence-corrected chi connectivity index (χ1v) is 6.83. The summed E-state index contributed by atoms with van der Waals surface area (Å²) in [6, 6.07) is 15.0. The fraction of sp³-hybridized carbons (Fsp3) is 0.0556. The number of nitrogens with one attached hydrogen (secondary N) is 1. The minimum absolute atomic E-state index is 0.0297. The standard InChI is InChI=1S/C18H14N2O3/c1-12-3-2-4-13(9-12)10-15(11-19)17(21)20-16-7-5-14(6-8-16)18(22)23/h2-10H,1H3,(H,20,21)(H,22,23). The molecule has 0 fully saturated rings. The maximum absolute atomic E-state index is 12.1. The molecule has 0 unspecified atom stereocenters. The van der Waals surface area contributed by atoms with Crippen molar-refractivity contribution in [3.8, 4) is 6.07 Å². The van der Waals surface area contributed by atoms with Crippen molar-refractivity contribution >= 4 is 23.6 Å². The van der Waals surface area contributed by atoms with E-state index in [-0.39, 0.29) is 11.1 Å². The van der Waals surface area contributed by atoms with Crippen molar-refractivity contribution in [3.63, 3.8) is 0 Å². The van der Waals surface area contributed by atoms with Gasteiger partial charge in [0.25, 0.3) is 5.91 Å². The highest BCUT2D eigenvalue weighted by molar-refractivity contribution is 6.09. The lowest BCUT2D eigenvalue weighted by Crippen LogP contribution is -2.13. The number of carboxylic acids is 1. The lowest BCUT2D eigenvalue weighted by Gasteiger charge is -2.05. The van der Waals surface area contributed by atoms with Gasteiger partial charge in [0, 0.05) is 5.69 Å². The molecule has 0 bridgehead atoms. The van der Waals surface area contributed by atoms with E-state index in [0.29, 0.717) is 5.69 Å². The number of benzene rings is 2. The van der Waals surface area contributed by atoms with E-state index in [1.54, 1.807) is 6.07 Å². The molecule has 0 radical (unpaired) electrons. The number of hydrogen-bond acceptors (Lipinski definition) is 3. The number of carbonyl (C=O) groups excluding carboxylic acids is 1. The van der Waals surface area contributed by atoms with Crippen molar-refractivity contribution in [2.45, 2.75) is 6.92 Å². The molecule has 0 atom stereocenters. The van der Waals surface area contributed by atoms with Gasteiger partial charge in [-0.25, -0.2) is 4.79 Å². The summed E-state index contributed by atoms with van der Waals surface area (Å²) in [6.07, 6.45) is 1.51. The molecule has 23 heavy (non-hydrogen) atoms. The molecule has 0 saturated heterocycles. The fourth-order valence-corrected chi connectivity index (χ4v) is 1.97. The Hall–Kier alpha value is -3.39. The van der Waals surface area contributed by atoms with E-state index < -0.39 is 11.9 Å². The maximum Gasteiger partial charge on any atom is 0.335 e. The van der Waals surface area contributed by atoms with Crippen molar-refractivity contribution in [2.75, 3.05) is 5.32 Å². The molecule has 0 aliphatic rings.